The highest BCUT2D eigenvalue weighted by atomic mass is 16.3. The van der Waals surface area contributed by atoms with Crippen LogP contribution in [0.1, 0.15) is 52.4 Å². The van der Waals surface area contributed by atoms with Crippen molar-refractivity contribution in [3.63, 3.8) is 0 Å². The maximum Gasteiger partial charge on any atom is 0.237 e. The number of rotatable bonds is 4. The van der Waals surface area contributed by atoms with Gasteiger partial charge in [0.15, 0.2) is 0 Å². The van der Waals surface area contributed by atoms with Gasteiger partial charge in [-0.1, -0.05) is 13.8 Å². The van der Waals surface area contributed by atoms with Gasteiger partial charge in [-0.15, -0.1) is 0 Å². The van der Waals surface area contributed by atoms with Crippen LogP contribution in [0.5, 0.6) is 0 Å². The molecule has 3 fully saturated rings. The molecule has 5 nitrogen and oxygen atoms in total. The Bertz CT molecular complexity index is 485. The van der Waals surface area contributed by atoms with Crippen molar-refractivity contribution in [2.24, 2.45) is 17.8 Å². The lowest BCUT2D eigenvalue weighted by molar-refractivity contribution is -0.130. The Labute approximate surface area is 139 Å². The van der Waals surface area contributed by atoms with E-state index >= 15 is 0 Å². The summed E-state index contributed by atoms with van der Waals surface area (Å²) in [5, 5.41) is 23.2. The molecule has 1 saturated heterocycles. The molecule has 0 aromatic heterocycles. The first-order valence-electron chi connectivity index (χ1n) is 9.08. The molecule has 2 aliphatic carbocycles. The summed E-state index contributed by atoms with van der Waals surface area (Å²) in [6.07, 6.45) is 5.69. The molecule has 2 N–H and O–H groups in total. The van der Waals surface area contributed by atoms with E-state index in [9.17, 15) is 9.90 Å². The second-order valence-electron chi connectivity index (χ2n) is 8.11. The van der Waals surface area contributed by atoms with Gasteiger partial charge in [-0.05, 0) is 56.3 Å². The average Bonchev–Trinajstić information content (AvgIpc) is 3.17. The van der Waals surface area contributed by atoms with E-state index in [4.69, 9.17) is 5.26 Å². The van der Waals surface area contributed by atoms with E-state index in [1.54, 1.807) is 4.90 Å². The van der Waals surface area contributed by atoms with E-state index < -0.39 is 5.60 Å². The SMILES string of the molecule is CC(C)C1(O)C[C@H]2CC(NCC(=O)N3CCC[C@H]3C#N)C[C@H]2C1. The molecule has 23 heavy (non-hydrogen) atoms. The Morgan fingerprint density at radius 2 is 2.04 bits per heavy atom. The Kier molecular flexibility index (Phi) is 4.66. The fourth-order valence-electron chi connectivity index (χ4n) is 4.87. The highest BCUT2D eigenvalue weighted by Crippen LogP contribution is 2.51. The zero-order valence-electron chi connectivity index (χ0n) is 14.3. The molecule has 0 bridgehead atoms. The lowest BCUT2D eigenvalue weighted by atomic mass is 9.86. The number of nitriles is 1. The van der Waals surface area contributed by atoms with Crippen LogP contribution in [0.15, 0.2) is 0 Å². The van der Waals surface area contributed by atoms with Gasteiger partial charge in [-0.25, -0.2) is 0 Å². The van der Waals surface area contributed by atoms with Crippen LogP contribution in [0.25, 0.3) is 0 Å². The maximum atomic E-state index is 12.3. The minimum Gasteiger partial charge on any atom is -0.390 e. The molecule has 0 radical (unpaired) electrons. The van der Waals surface area contributed by atoms with Crippen LogP contribution in [-0.4, -0.2) is 46.7 Å². The van der Waals surface area contributed by atoms with Gasteiger partial charge in [0.05, 0.1) is 18.2 Å². The highest BCUT2D eigenvalue weighted by molar-refractivity contribution is 5.79. The van der Waals surface area contributed by atoms with Gasteiger partial charge in [0.25, 0.3) is 0 Å². The predicted molar refractivity (Wildman–Crippen MR) is 87.4 cm³/mol. The smallest absolute Gasteiger partial charge is 0.237 e. The van der Waals surface area contributed by atoms with E-state index in [0.29, 0.717) is 30.3 Å². The van der Waals surface area contributed by atoms with Crippen molar-refractivity contribution in [3.8, 4) is 6.07 Å². The Hall–Kier alpha value is -1.12. The van der Waals surface area contributed by atoms with E-state index in [-0.39, 0.29) is 11.9 Å². The third-order valence-electron chi connectivity index (χ3n) is 6.41. The van der Waals surface area contributed by atoms with Gasteiger partial charge in [0.1, 0.15) is 6.04 Å². The standard InChI is InChI=1S/C18H29N3O2/c1-12(2)18(23)8-13-6-15(7-14(13)9-18)20-11-17(22)21-5-3-4-16(21)10-19/h12-16,20,23H,3-9,11H2,1-2H3/t13-,14+,15?,16-,18?/m0/s1. The van der Waals surface area contributed by atoms with Crippen molar-refractivity contribution in [2.45, 2.75) is 70.1 Å². The summed E-state index contributed by atoms with van der Waals surface area (Å²) in [5.41, 5.74) is -0.480. The van der Waals surface area contributed by atoms with Gasteiger partial charge in [0.2, 0.25) is 5.91 Å². The van der Waals surface area contributed by atoms with Gasteiger partial charge in [-0.2, -0.15) is 5.26 Å². The molecular formula is C18H29N3O2. The Morgan fingerprint density at radius 1 is 1.39 bits per heavy atom. The monoisotopic (exact) mass is 319 g/mol. The average molecular weight is 319 g/mol. The number of hydrogen-bond donors (Lipinski definition) is 2. The molecule has 5 heteroatoms. The fraction of sp³-hybridized carbons (Fsp3) is 0.889. The largest absolute Gasteiger partial charge is 0.390 e. The highest BCUT2D eigenvalue weighted by Gasteiger charge is 2.49. The number of nitrogens with zero attached hydrogens (tertiary/aromatic N) is 2. The van der Waals surface area contributed by atoms with Gasteiger partial charge >= 0.3 is 0 Å². The summed E-state index contributed by atoms with van der Waals surface area (Å²) >= 11 is 0. The third kappa shape index (κ3) is 3.25. The summed E-state index contributed by atoms with van der Waals surface area (Å²) in [6, 6.07) is 2.38. The van der Waals surface area contributed by atoms with Crippen LogP contribution in [0.2, 0.25) is 0 Å². The van der Waals surface area contributed by atoms with Crippen LogP contribution < -0.4 is 5.32 Å². The molecule has 2 unspecified atom stereocenters. The molecule has 1 amide bonds. The first-order valence-corrected chi connectivity index (χ1v) is 9.08. The molecular weight excluding hydrogens is 290 g/mol. The van der Waals surface area contributed by atoms with Gasteiger partial charge < -0.3 is 15.3 Å². The van der Waals surface area contributed by atoms with Gasteiger partial charge in [0, 0.05) is 12.6 Å². The van der Waals surface area contributed by atoms with Crippen LogP contribution in [0.3, 0.4) is 0 Å². The quantitative estimate of drug-likeness (QED) is 0.826. The lowest BCUT2D eigenvalue weighted by Crippen LogP contribution is -2.43. The molecule has 0 aromatic rings. The zero-order valence-corrected chi connectivity index (χ0v) is 14.3. The first kappa shape index (κ1) is 16.7. The van der Waals surface area contributed by atoms with Crippen LogP contribution in [0.4, 0.5) is 0 Å². The van der Waals surface area contributed by atoms with Crippen molar-refractivity contribution >= 4 is 5.91 Å². The molecule has 1 aliphatic heterocycles. The predicted octanol–water partition coefficient (Wildman–Crippen LogP) is 1.67. The molecule has 128 valence electrons. The first-order chi connectivity index (χ1) is 10.9. The minimum atomic E-state index is -0.480. The maximum absolute atomic E-state index is 12.3. The van der Waals surface area contributed by atoms with Crippen LogP contribution >= 0.6 is 0 Å². The topological polar surface area (TPSA) is 76.4 Å². The van der Waals surface area contributed by atoms with E-state index in [1.165, 1.54) is 0 Å². The normalized spacial score (nSPS) is 39.7. The number of amides is 1. The number of fused-ring (bicyclic) bond motifs is 1. The third-order valence-corrected chi connectivity index (χ3v) is 6.41. The summed E-state index contributed by atoms with van der Waals surface area (Å²) in [4.78, 5) is 14.0. The second kappa shape index (κ2) is 6.41. The number of hydrogen-bond acceptors (Lipinski definition) is 4. The molecule has 3 rings (SSSR count). The van der Waals surface area contributed by atoms with Crippen molar-refractivity contribution in [2.75, 3.05) is 13.1 Å². The molecule has 2 saturated carbocycles. The number of likely N-dealkylation sites (tertiary alicyclic amines) is 1. The molecule has 0 aromatic carbocycles. The summed E-state index contributed by atoms with van der Waals surface area (Å²) in [7, 11) is 0. The molecule has 3 aliphatic rings. The number of aliphatic hydroxyl groups is 1. The molecule has 1 heterocycles. The van der Waals surface area contributed by atoms with Crippen molar-refractivity contribution in [1.29, 1.82) is 5.26 Å². The molecule has 5 atom stereocenters. The number of carbonyl (C=O) groups is 1. The second-order valence-corrected chi connectivity index (χ2v) is 8.11. The minimum absolute atomic E-state index is 0.0600. The van der Waals surface area contributed by atoms with E-state index in [1.807, 2.05) is 0 Å². The fourth-order valence-corrected chi connectivity index (χ4v) is 4.87. The van der Waals surface area contributed by atoms with Crippen LogP contribution in [0, 0.1) is 29.1 Å². The van der Waals surface area contributed by atoms with Gasteiger partial charge in [-0.3, -0.25) is 4.79 Å². The Balaban J connectivity index is 1.46. The lowest BCUT2D eigenvalue weighted by Gasteiger charge is -2.29. The van der Waals surface area contributed by atoms with Crippen molar-refractivity contribution in [1.82, 2.24) is 10.2 Å². The van der Waals surface area contributed by atoms with Crippen LogP contribution in [-0.2, 0) is 4.79 Å². The number of carbonyl (C=O) groups excluding carboxylic acids is 1. The van der Waals surface area contributed by atoms with E-state index in [0.717, 1.165) is 45.1 Å². The Morgan fingerprint density at radius 3 is 2.61 bits per heavy atom. The van der Waals surface area contributed by atoms with Crippen molar-refractivity contribution in [3.05, 3.63) is 0 Å². The number of nitrogens with one attached hydrogen (secondary N) is 1. The molecule has 0 spiro atoms. The summed E-state index contributed by atoms with van der Waals surface area (Å²) in [6.45, 7) is 5.28. The van der Waals surface area contributed by atoms with E-state index in [2.05, 4.69) is 25.2 Å². The zero-order chi connectivity index (χ0) is 16.6. The van der Waals surface area contributed by atoms with Crippen molar-refractivity contribution < 1.29 is 9.90 Å². The summed E-state index contributed by atoms with van der Waals surface area (Å²) in [5.74, 6) is 1.56. The summed E-state index contributed by atoms with van der Waals surface area (Å²) < 4.78 is 0.